The van der Waals surface area contributed by atoms with Gasteiger partial charge >= 0.3 is 0 Å². The standard InChI is InChI=1S/C27H24O4/c1-18(19-2-10-23(28)11-3-19)27(20-4-12-24(29)13-5-20,21-6-14-25(30)15-7-21)22-8-16-26(31)17-9-22/h2-18,28-31H,1H3. The molecule has 0 aliphatic carbocycles. The minimum absolute atomic E-state index is 0.105. The van der Waals surface area contributed by atoms with Crippen LogP contribution >= 0.6 is 0 Å². The Morgan fingerprint density at radius 3 is 1.00 bits per heavy atom. The third kappa shape index (κ3) is 3.68. The van der Waals surface area contributed by atoms with Gasteiger partial charge in [0.05, 0.1) is 5.41 Å². The molecule has 0 saturated carbocycles. The van der Waals surface area contributed by atoms with Crippen LogP contribution in [0.4, 0.5) is 0 Å². The first kappa shape index (κ1) is 20.4. The van der Waals surface area contributed by atoms with E-state index in [0.29, 0.717) is 0 Å². The van der Waals surface area contributed by atoms with Crippen molar-refractivity contribution >= 4 is 0 Å². The Balaban J connectivity index is 2.06. The van der Waals surface area contributed by atoms with Crippen LogP contribution in [0.25, 0.3) is 0 Å². The van der Waals surface area contributed by atoms with E-state index in [4.69, 9.17) is 0 Å². The molecular weight excluding hydrogens is 388 g/mol. The van der Waals surface area contributed by atoms with Crippen molar-refractivity contribution in [3.8, 4) is 23.0 Å². The summed E-state index contributed by atoms with van der Waals surface area (Å²) in [5.74, 6) is 0.608. The molecule has 0 amide bonds. The van der Waals surface area contributed by atoms with Gasteiger partial charge in [-0.1, -0.05) is 55.5 Å². The topological polar surface area (TPSA) is 80.9 Å². The van der Waals surface area contributed by atoms with Crippen molar-refractivity contribution in [3.05, 3.63) is 119 Å². The summed E-state index contributed by atoms with van der Waals surface area (Å²) in [6.45, 7) is 2.11. The predicted octanol–water partition coefficient (Wildman–Crippen LogP) is 5.65. The van der Waals surface area contributed by atoms with E-state index in [1.165, 1.54) is 0 Å². The summed E-state index contributed by atoms with van der Waals surface area (Å²) in [5.41, 5.74) is 3.14. The van der Waals surface area contributed by atoms with Gasteiger partial charge < -0.3 is 20.4 Å². The van der Waals surface area contributed by atoms with E-state index in [2.05, 4.69) is 6.92 Å². The Kier molecular flexibility index (Phi) is 5.30. The average Bonchev–Trinajstić information content (AvgIpc) is 2.78. The van der Waals surface area contributed by atoms with Gasteiger partial charge in [-0.25, -0.2) is 0 Å². The van der Waals surface area contributed by atoms with Gasteiger partial charge in [-0.15, -0.1) is 0 Å². The maximum atomic E-state index is 9.93. The third-order valence-electron chi connectivity index (χ3n) is 6.01. The maximum absolute atomic E-state index is 9.93. The van der Waals surface area contributed by atoms with Crippen molar-refractivity contribution in [2.75, 3.05) is 0 Å². The lowest BCUT2D eigenvalue weighted by atomic mass is 9.60. The van der Waals surface area contributed by atoms with Crippen LogP contribution < -0.4 is 0 Å². The Morgan fingerprint density at radius 1 is 0.452 bits per heavy atom. The number of benzene rings is 4. The number of hydrogen-bond acceptors (Lipinski definition) is 4. The fraction of sp³-hybridized carbons (Fsp3) is 0.111. The fourth-order valence-electron chi connectivity index (χ4n) is 4.44. The zero-order chi connectivity index (χ0) is 22.0. The van der Waals surface area contributed by atoms with E-state index >= 15 is 0 Å². The van der Waals surface area contributed by atoms with Gasteiger partial charge in [-0.05, 0) is 76.7 Å². The molecule has 1 atom stereocenters. The van der Waals surface area contributed by atoms with Crippen LogP contribution in [0.1, 0.15) is 35.1 Å². The van der Waals surface area contributed by atoms with Crippen molar-refractivity contribution in [1.29, 1.82) is 0 Å². The van der Waals surface area contributed by atoms with Crippen LogP contribution in [0.5, 0.6) is 23.0 Å². The number of phenolic OH excluding ortho intramolecular Hbond substituents is 4. The van der Waals surface area contributed by atoms with Crippen molar-refractivity contribution in [1.82, 2.24) is 0 Å². The van der Waals surface area contributed by atoms with Crippen LogP contribution in [-0.2, 0) is 5.41 Å². The van der Waals surface area contributed by atoms with Crippen LogP contribution in [0.15, 0.2) is 97.1 Å². The molecule has 0 aromatic heterocycles. The minimum atomic E-state index is -0.702. The lowest BCUT2D eigenvalue weighted by Crippen LogP contribution is -2.35. The van der Waals surface area contributed by atoms with Crippen LogP contribution in [0.3, 0.4) is 0 Å². The Morgan fingerprint density at radius 2 is 0.710 bits per heavy atom. The molecule has 0 aliphatic rings. The summed E-state index contributed by atoms with van der Waals surface area (Å²) in [4.78, 5) is 0. The summed E-state index contributed by atoms with van der Waals surface area (Å²) < 4.78 is 0. The quantitative estimate of drug-likeness (QED) is 0.320. The Hall–Kier alpha value is -3.92. The minimum Gasteiger partial charge on any atom is -0.508 e. The molecule has 0 fully saturated rings. The summed E-state index contributed by atoms with van der Waals surface area (Å²) in [6.07, 6.45) is 0. The van der Waals surface area contributed by atoms with Crippen molar-refractivity contribution in [2.45, 2.75) is 18.3 Å². The molecule has 4 heteroatoms. The SMILES string of the molecule is CC(c1ccc(O)cc1)C(c1ccc(O)cc1)(c1ccc(O)cc1)c1ccc(O)cc1. The highest BCUT2D eigenvalue weighted by molar-refractivity contribution is 5.56. The first-order chi connectivity index (χ1) is 14.9. The second kappa shape index (κ2) is 8.07. The van der Waals surface area contributed by atoms with E-state index in [1.54, 1.807) is 48.5 Å². The largest absolute Gasteiger partial charge is 0.508 e. The summed E-state index contributed by atoms with van der Waals surface area (Å²) in [7, 11) is 0. The normalized spacial score (nSPS) is 12.4. The second-order valence-corrected chi connectivity index (χ2v) is 7.76. The monoisotopic (exact) mass is 412 g/mol. The first-order valence-electron chi connectivity index (χ1n) is 10.1. The smallest absolute Gasteiger partial charge is 0.115 e. The van der Waals surface area contributed by atoms with E-state index in [0.717, 1.165) is 22.3 Å². The van der Waals surface area contributed by atoms with Gasteiger partial charge in [0.2, 0.25) is 0 Å². The molecule has 1 unspecified atom stereocenters. The molecule has 31 heavy (non-hydrogen) atoms. The molecule has 0 saturated heterocycles. The lowest BCUT2D eigenvalue weighted by molar-refractivity contribution is 0.465. The highest BCUT2D eigenvalue weighted by Crippen LogP contribution is 2.50. The Bertz CT molecular complexity index is 1040. The zero-order valence-electron chi connectivity index (χ0n) is 17.1. The second-order valence-electron chi connectivity index (χ2n) is 7.76. The molecular formula is C27H24O4. The molecule has 156 valence electrons. The van der Waals surface area contributed by atoms with Gasteiger partial charge in [0.25, 0.3) is 0 Å². The van der Waals surface area contributed by atoms with Gasteiger partial charge in [0.15, 0.2) is 0 Å². The number of phenols is 4. The van der Waals surface area contributed by atoms with Crippen molar-refractivity contribution < 1.29 is 20.4 Å². The average molecular weight is 412 g/mol. The number of rotatable bonds is 5. The maximum Gasteiger partial charge on any atom is 0.115 e. The predicted molar refractivity (Wildman–Crippen MR) is 121 cm³/mol. The van der Waals surface area contributed by atoms with E-state index < -0.39 is 5.41 Å². The fourth-order valence-corrected chi connectivity index (χ4v) is 4.44. The number of hydrogen-bond donors (Lipinski definition) is 4. The highest BCUT2D eigenvalue weighted by atomic mass is 16.3. The van der Waals surface area contributed by atoms with E-state index in [1.807, 2.05) is 48.5 Å². The third-order valence-corrected chi connectivity index (χ3v) is 6.01. The molecule has 0 bridgehead atoms. The van der Waals surface area contributed by atoms with Gasteiger partial charge in [-0.3, -0.25) is 0 Å². The zero-order valence-corrected chi connectivity index (χ0v) is 17.1. The van der Waals surface area contributed by atoms with Crippen LogP contribution in [0, 0.1) is 0 Å². The van der Waals surface area contributed by atoms with Gasteiger partial charge in [0, 0.05) is 0 Å². The molecule has 4 aromatic carbocycles. The highest BCUT2D eigenvalue weighted by Gasteiger charge is 2.42. The molecule has 0 heterocycles. The molecule has 4 N–H and O–H groups in total. The van der Waals surface area contributed by atoms with Crippen molar-refractivity contribution in [2.24, 2.45) is 0 Å². The van der Waals surface area contributed by atoms with Gasteiger partial charge in [0.1, 0.15) is 23.0 Å². The number of aromatic hydroxyl groups is 4. The summed E-state index contributed by atoms with van der Waals surface area (Å²) >= 11 is 0. The summed E-state index contributed by atoms with van der Waals surface area (Å²) in [6, 6.07) is 28.5. The van der Waals surface area contributed by atoms with Crippen LogP contribution in [0.2, 0.25) is 0 Å². The summed E-state index contributed by atoms with van der Waals surface area (Å²) in [5, 5.41) is 39.6. The Labute approximate surface area is 181 Å². The molecule has 4 rings (SSSR count). The first-order valence-corrected chi connectivity index (χ1v) is 10.1. The molecule has 4 aromatic rings. The molecule has 4 nitrogen and oxygen atoms in total. The van der Waals surface area contributed by atoms with E-state index in [9.17, 15) is 20.4 Å². The molecule has 0 spiro atoms. The van der Waals surface area contributed by atoms with Crippen molar-refractivity contribution in [3.63, 3.8) is 0 Å². The van der Waals surface area contributed by atoms with Gasteiger partial charge in [-0.2, -0.15) is 0 Å². The van der Waals surface area contributed by atoms with E-state index in [-0.39, 0.29) is 28.9 Å². The lowest BCUT2D eigenvalue weighted by Gasteiger charge is -2.41. The van der Waals surface area contributed by atoms with Crippen LogP contribution in [-0.4, -0.2) is 20.4 Å². The molecule has 0 radical (unpaired) electrons. The molecule has 0 aliphatic heterocycles.